The highest BCUT2D eigenvalue weighted by Crippen LogP contribution is 2.31. The molecule has 4 aromatic rings. The van der Waals surface area contributed by atoms with Gasteiger partial charge in [0.05, 0.1) is 7.11 Å². The smallest absolute Gasteiger partial charge is 0.253 e. The van der Waals surface area contributed by atoms with Gasteiger partial charge >= 0.3 is 0 Å². The fourth-order valence-electron chi connectivity index (χ4n) is 4.13. The van der Waals surface area contributed by atoms with Crippen LogP contribution >= 0.6 is 11.8 Å². The topological polar surface area (TPSA) is 60.3 Å². The summed E-state index contributed by atoms with van der Waals surface area (Å²) < 4.78 is 20.9. The van der Waals surface area contributed by atoms with Crippen molar-refractivity contribution in [3.63, 3.8) is 0 Å². The molecule has 35 heavy (non-hydrogen) atoms. The lowest BCUT2D eigenvalue weighted by atomic mass is 10.1. The number of carbonyl (C=O) groups is 1. The van der Waals surface area contributed by atoms with Crippen LogP contribution in [0.15, 0.2) is 78.0 Å². The number of hydrogen-bond donors (Lipinski definition) is 0. The number of methoxy groups -OCH3 is 1. The van der Waals surface area contributed by atoms with Crippen molar-refractivity contribution in [2.75, 3.05) is 20.2 Å². The first-order chi connectivity index (χ1) is 17.1. The molecule has 6 nitrogen and oxygen atoms in total. The highest BCUT2D eigenvalue weighted by molar-refractivity contribution is 7.98. The van der Waals surface area contributed by atoms with Gasteiger partial charge in [0.2, 0.25) is 0 Å². The Bertz CT molecular complexity index is 1320. The molecule has 0 bridgehead atoms. The molecule has 178 valence electrons. The van der Waals surface area contributed by atoms with Gasteiger partial charge in [0, 0.05) is 35.7 Å². The highest BCUT2D eigenvalue weighted by Gasteiger charge is 2.20. The van der Waals surface area contributed by atoms with Crippen molar-refractivity contribution in [2.45, 2.75) is 23.8 Å². The Morgan fingerprint density at radius 2 is 1.74 bits per heavy atom. The van der Waals surface area contributed by atoms with E-state index in [0.29, 0.717) is 22.5 Å². The predicted molar refractivity (Wildman–Crippen MR) is 134 cm³/mol. The van der Waals surface area contributed by atoms with Crippen LogP contribution in [0.3, 0.4) is 0 Å². The second-order valence-electron chi connectivity index (χ2n) is 8.33. The molecule has 0 atom stereocenters. The third-order valence-corrected chi connectivity index (χ3v) is 7.01. The molecule has 1 fully saturated rings. The summed E-state index contributed by atoms with van der Waals surface area (Å²) in [5, 5.41) is 9.57. The minimum atomic E-state index is -0.303. The molecule has 0 N–H and O–H groups in total. The summed E-state index contributed by atoms with van der Waals surface area (Å²) in [6.45, 7) is 1.68. The number of aromatic nitrogens is 3. The van der Waals surface area contributed by atoms with Gasteiger partial charge in [-0.05, 0) is 66.9 Å². The fraction of sp³-hybridized carbons (Fsp3) is 0.222. The molecule has 1 saturated heterocycles. The summed E-state index contributed by atoms with van der Waals surface area (Å²) >= 11 is 1.53. The molecule has 0 saturated carbocycles. The molecule has 8 heteroatoms. The third-order valence-electron chi connectivity index (χ3n) is 6.01. The molecule has 1 aromatic heterocycles. The lowest BCUT2D eigenvalue weighted by Gasteiger charge is -2.15. The van der Waals surface area contributed by atoms with E-state index in [0.717, 1.165) is 48.3 Å². The van der Waals surface area contributed by atoms with Crippen molar-refractivity contribution in [3.05, 3.63) is 89.7 Å². The van der Waals surface area contributed by atoms with Crippen LogP contribution in [0.25, 0.3) is 17.1 Å². The third kappa shape index (κ3) is 5.07. The summed E-state index contributed by atoms with van der Waals surface area (Å²) in [6, 6.07) is 21.6. The summed E-state index contributed by atoms with van der Waals surface area (Å²) in [5.74, 6) is 1.80. The average molecular weight is 489 g/mol. The maximum absolute atomic E-state index is 13.6. The van der Waals surface area contributed by atoms with Gasteiger partial charge in [-0.25, -0.2) is 4.39 Å². The molecule has 2 heterocycles. The first-order valence-corrected chi connectivity index (χ1v) is 12.5. The van der Waals surface area contributed by atoms with Crippen molar-refractivity contribution in [1.82, 2.24) is 19.7 Å². The number of likely N-dealkylation sites (tertiary alicyclic amines) is 1. The van der Waals surface area contributed by atoms with Crippen LogP contribution in [0.5, 0.6) is 5.75 Å². The van der Waals surface area contributed by atoms with Gasteiger partial charge in [0.25, 0.3) is 5.91 Å². The molecule has 1 aliphatic rings. The number of halogens is 1. The summed E-state index contributed by atoms with van der Waals surface area (Å²) in [5.41, 5.74) is 3.40. The summed E-state index contributed by atoms with van der Waals surface area (Å²) in [4.78, 5) is 14.5. The van der Waals surface area contributed by atoms with Gasteiger partial charge in [0.15, 0.2) is 11.0 Å². The minimum Gasteiger partial charge on any atom is -0.497 e. The Kier molecular flexibility index (Phi) is 6.81. The van der Waals surface area contributed by atoms with Crippen LogP contribution in [0.1, 0.15) is 28.8 Å². The Morgan fingerprint density at radius 3 is 2.46 bits per heavy atom. The molecule has 5 rings (SSSR count). The summed E-state index contributed by atoms with van der Waals surface area (Å²) in [6.07, 6.45) is 2.15. The van der Waals surface area contributed by atoms with E-state index in [9.17, 15) is 9.18 Å². The molecular formula is C27H25FN4O2S. The van der Waals surface area contributed by atoms with E-state index in [1.807, 2.05) is 58.0 Å². The molecule has 3 aromatic carbocycles. The average Bonchev–Trinajstić information content (AvgIpc) is 3.59. The number of ether oxygens (including phenoxy) is 1. The zero-order valence-electron chi connectivity index (χ0n) is 19.4. The van der Waals surface area contributed by atoms with Crippen molar-refractivity contribution in [2.24, 2.45) is 0 Å². The molecule has 1 aliphatic heterocycles. The van der Waals surface area contributed by atoms with Gasteiger partial charge in [-0.15, -0.1) is 10.2 Å². The quantitative estimate of drug-likeness (QED) is 0.317. The van der Waals surface area contributed by atoms with E-state index in [1.165, 1.54) is 23.9 Å². The SMILES string of the molecule is COc1cccc(-c2nnc(SCc3ccc(C(=O)N4CCCC4)cc3)n2-c2ccc(F)cc2)c1. The lowest BCUT2D eigenvalue weighted by Crippen LogP contribution is -2.27. The number of amides is 1. The molecule has 1 amide bonds. The number of rotatable bonds is 7. The van der Waals surface area contributed by atoms with E-state index in [4.69, 9.17) is 4.74 Å². The number of nitrogens with zero attached hydrogens (tertiary/aromatic N) is 4. The van der Waals surface area contributed by atoms with Gasteiger partial charge in [-0.3, -0.25) is 9.36 Å². The number of thioether (sulfide) groups is 1. The van der Waals surface area contributed by atoms with Crippen molar-refractivity contribution >= 4 is 17.7 Å². The van der Waals surface area contributed by atoms with Gasteiger partial charge < -0.3 is 9.64 Å². The zero-order chi connectivity index (χ0) is 24.2. The molecule has 0 aliphatic carbocycles. The Balaban J connectivity index is 1.40. The van der Waals surface area contributed by atoms with Crippen molar-refractivity contribution in [1.29, 1.82) is 0 Å². The predicted octanol–water partition coefficient (Wildman–Crippen LogP) is 5.61. The monoisotopic (exact) mass is 488 g/mol. The van der Waals surface area contributed by atoms with Crippen LogP contribution in [-0.2, 0) is 5.75 Å². The molecule has 0 unspecified atom stereocenters. The lowest BCUT2D eigenvalue weighted by molar-refractivity contribution is 0.0793. The van der Waals surface area contributed by atoms with Crippen LogP contribution in [0.4, 0.5) is 4.39 Å². The molecule has 0 spiro atoms. The fourth-order valence-corrected chi connectivity index (χ4v) is 5.04. The molecule has 0 radical (unpaired) electrons. The second kappa shape index (κ2) is 10.3. The van der Waals surface area contributed by atoms with E-state index in [1.54, 1.807) is 19.2 Å². The van der Waals surface area contributed by atoms with Gasteiger partial charge in [-0.2, -0.15) is 0 Å². The molecular weight excluding hydrogens is 463 g/mol. The van der Waals surface area contributed by atoms with E-state index in [2.05, 4.69) is 10.2 Å². The first kappa shape index (κ1) is 23.1. The second-order valence-corrected chi connectivity index (χ2v) is 9.28. The maximum atomic E-state index is 13.6. The standard InChI is InChI=1S/C27H25FN4O2S/c1-34-24-6-4-5-21(17-24)25-29-30-27(32(25)23-13-11-22(28)12-14-23)35-18-19-7-9-20(10-8-19)26(33)31-15-2-3-16-31/h4-14,17H,2-3,15-16,18H2,1H3. The maximum Gasteiger partial charge on any atom is 0.253 e. The van der Waals surface area contributed by atoms with Crippen LogP contribution < -0.4 is 4.74 Å². The van der Waals surface area contributed by atoms with Gasteiger partial charge in [0.1, 0.15) is 11.6 Å². The van der Waals surface area contributed by atoms with Crippen LogP contribution in [0, 0.1) is 5.82 Å². The highest BCUT2D eigenvalue weighted by atomic mass is 32.2. The van der Waals surface area contributed by atoms with Gasteiger partial charge in [-0.1, -0.05) is 36.0 Å². The van der Waals surface area contributed by atoms with Crippen LogP contribution in [-0.4, -0.2) is 45.8 Å². The largest absolute Gasteiger partial charge is 0.497 e. The zero-order valence-corrected chi connectivity index (χ0v) is 20.2. The Labute approximate surface area is 207 Å². The Morgan fingerprint density at radius 1 is 1.00 bits per heavy atom. The van der Waals surface area contributed by atoms with E-state index in [-0.39, 0.29) is 11.7 Å². The van der Waals surface area contributed by atoms with Crippen LogP contribution in [0.2, 0.25) is 0 Å². The normalized spacial score (nSPS) is 13.3. The van der Waals surface area contributed by atoms with E-state index >= 15 is 0 Å². The number of benzene rings is 3. The summed E-state index contributed by atoms with van der Waals surface area (Å²) in [7, 11) is 1.62. The van der Waals surface area contributed by atoms with Crippen molar-refractivity contribution < 1.29 is 13.9 Å². The Hall–Kier alpha value is -3.65. The number of carbonyl (C=O) groups excluding carboxylic acids is 1. The van der Waals surface area contributed by atoms with Crippen molar-refractivity contribution in [3.8, 4) is 22.8 Å². The van der Waals surface area contributed by atoms with E-state index < -0.39 is 0 Å². The minimum absolute atomic E-state index is 0.0979. The number of hydrogen-bond acceptors (Lipinski definition) is 5. The first-order valence-electron chi connectivity index (χ1n) is 11.5.